The quantitative estimate of drug-likeness (QED) is 0.512. The molecule has 3 rings (SSSR count). The maximum atomic E-state index is 13.8. The largest absolute Gasteiger partial charge is 0.352 e. The van der Waals surface area contributed by atoms with Gasteiger partial charge in [-0.05, 0) is 55.9 Å². The van der Waals surface area contributed by atoms with E-state index in [1.165, 1.54) is 11.3 Å². The van der Waals surface area contributed by atoms with Gasteiger partial charge in [-0.3, -0.25) is 13.9 Å². The average Bonchev–Trinajstić information content (AvgIpc) is 2.84. The Labute approximate surface area is 215 Å². The van der Waals surface area contributed by atoms with E-state index in [1.807, 2.05) is 63.2 Å². The molecule has 1 aliphatic rings. The molecule has 0 unspecified atom stereocenters. The van der Waals surface area contributed by atoms with Crippen LogP contribution >= 0.6 is 0 Å². The molecule has 36 heavy (non-hydrogen) atoms. The van der Waals surface area contributed by atoms with Crippen LogP contribution in [0.1, 0.15) is 62.1 Å². The highest BCUT2D eigenvalue weighted by molar-refractivity contribution is 7.92. The third-order valence-electron chi connectivity index (χ3n) is 6.85. The molecule has 8 heteroatoms. The number of nitrogens with zero attached hydrogens (tertiary/aromatic N) is 2. The van der Waals surface area contributed by atoms with Crippen molar-refractivity contribution in [3.8, 4) is 0 Å². The number of hydrogen-bond acceptors (Lipinski definition) is 4. The Morgan fingerprint density at radius 2 is 1.69 bits per heavy atom. The van der Waals surface area contributed by atoms with Crippen LogP contribution in [0.15, 0.2) is 48.5 Å². The van der Waals surface area contributed by atoms with Gasteiger partial charge in [0.2, 0.25) is 21.8 Å². The standard InChI is InChI=1S/C28H39N3O4S/c1-5-25(28(33)29-24-14-10-7-11-15-24)30(19-23-12-8-6-9-13-23)27(32)20-31(36(4,34)35)26-18-21(2)16-17-22(26)3/h6,8-9,12-13,16-18,24-25H,5,7,10-11,14-15,19-20H2,1-4H3,(H,29,33)/t25-/m1/s1. The normalized spacial score (nSPS) is 15.2. The number of hydrogen-bond donors (Lipinski definition) is 1. The molecule has 0 spiro atoms. The third-order valence-corrected chi connectivity index (χ3v) is 7.97. The molecule has 2 aromatic rings. The Hall–Kier alpha value is -2.87. The van der Waals surface area contributed by atoms with Crippen LogP contribution in [0.2, 0.25) is 0 Å². The minimum Gasteiger partial charge on any atom is -0.352 e. The first kappa shape index (κ1) is 27.7. The number of carbonyl (C=O) groups excluding carboxylic acids is 2. The lowest BCUT2D eigenvalue weighted by Crippen LogP contribution is -2.54. The topological polar surface area (TPSA) is 86.8 Å². The lowest BCUT2D eigenvalue weighted by Gasteiger charge is -2.34. The van der Waals surface area contributed by atoms with Crippen LogP contribution in [-0.2, 0) is 26.2 Å². The van der Waals surface area contributed by atoms with E-state index in [-0.39, 0.29) is 25.0 Å². The molecular weight excluding hydrogens is 474 g/mol. The minimum atomic E-state index is -3.75. The van der Waals surface area contributed by atoms with Crippen molar-refractivity contribution in [3.05, 3.63) is 65.2 Å². The SMILES string of the molecule is CC[C@H](C(=O)NC1CCCCC1)N(Cc1ccccc1)C(=O)CN(c1cc(C)ccc1C)S(C)(=O)=O. The van der Waals surface area contributed by atoms with Gasteiger partial charge >= 0.3 is 0 Å². The van der Waals surface area contributed by atoms with Crippen molar-refractivity contribution in [1.82, 2.24) is 10.2 Å². The molecule has 1 aliphatic carbocycles. The monoisotopic (exact) mass is 513 g/mol. The molecule has 7 nitrogen and oxygen atoms in total. The third kappa shape index (κ3) is 7.32. The minimum absolute atomic E-state index is 0.122. The van der Waals surface area contributed by atoms with Gasteiger partial charge in [0.05, 0.1) is 11.9 Å². The van der Waals surface area contributed by atoms with Crippen LogP contribution in [0.5, 0.6) is 0 Å². The van der Waals surface area contributed by atoms with Gasteiger partial charge in [-0.25, -0.2) is 8.42 Å². The van der Waals surface area contributed by atoms with E-state index in [4.69, 9.17) is 0 Å². The first-order valence-corrected chi connectivity index (χ1v) is 14.6. The number of carbonyl (C=O) groups is 2. The molecular formula is C28H39N3O4S. The maximum Gasteiger partial charge on any atom is 0.244 e. The molecule has 0 heterocycles. The fourth-order valence-electron chi connectivity index (χ4n) is 4.83. The Morgan fingerprint density at radius 1 is 1.03 bits per heavy atom. The fraction of sp³-hybridized carbons (Fsp3) is 0.500. The summed E-state index contributed by atoms with van der Waals surface area (Å²) in [5.41, 5.74) is 3.02. The summed E-state index contributed by atoms with van der Waals surface area (Å²) in [6.07, 6.45) is 6.80. The molecule has 2 aromatic carbocycles. The van der Waals surface area contributed by atoms with Crippen LogP contribution in [0.25, 0.3) is 0 Å². The molecule has 0 aliphatic heterocycles. The number of benzene rings is 2. The smallest absolute Gasteiger partial charge is 0.244 e. The van der Waals surface area contributed by atoms with Crippen molar-refractivity contribution in [3.63, 3.8) is 0 Å². The van der Waals surface area contributed by atoms with Gasteiger partial charge < -0.3 is 10.2 Å². The van der Waals surface area contributed by atoms with Crippen LogP contribution in [0.3, 0.4) is 0 Å². The van der Waals surface area contributed by atoms with Gasteiger partial charge in [0.25, 0.3) is 0 Å². The van der Waals surface area contributed by atoms with E-state index in [0.29, 0.717) is 12.1 Å². The predicted molar refractivity (Wildman–Crippen MR) is 144 cm³/mol. The molecule has 2 amide bonds. The average molecular weight is 514 g/mol. The summed E-state index contributed by atoms with van der Waals surface area (Å²) < 4.78 is 26.8. The molecule has 1 atom stereocenters. The molecule has 0 saturated heterocycles. The second-order valence-electron chi connectivity index (χ2n) is 9.83. The summed E-state index contributed by atoms with van der Waals surface area (Å²) in [5.74, 6) is -0.581. The van der Waals surface area contributed by atoms with Gasteiger partial charge in [0.1, 0.15) is 12.6 Å². The van der Waals surface area contributed by atoms with E-state index in [1.54, 1.807) is 6.07 Å². The van der Waals surface area contributed by atoms with E-state index in [9.17, 15) is 18.0 Å². The lowest BCUT2D eigenvalue weighted by molar-refractivity contribution is -0.140. The van der Waals surface area contributed by atoms with Crippen LogP contribution in [0, 0.1) is 13.8 Å². The van der Waals surface area contributed by atoms with Gasteiger partial charge in [-0.2, -0.15) is 0 Å². The molecule has 1 fully saturated rings. The van der Waals surface area contributed by atoms with E-state index in [2.05, 4.69) is 5.32 Å². The summed E-state index contributed by atoms with van der Waals surface area (Å²) in [6, 6.07) is 14.5. The van der Waals surface area contributed by atoms with Crippen LogP contribution in [-0.4, -0.2) is 50.0 Å². The molecule has 0 aromatic heterocycles. The van der Waals surface area contributed by atoms with Crippen molar-refractivity contribution in [2.45, 2.75) is 77.9 Å². The van der Waals surface area contributed by atoms with Crippen LogP contribution in [0.4, 0.5) is 5.69 Å². The Morgan fingerprint density at radius 3 is 2.31 bits per heavy atom. The van der Waals surface area contributed by atoms with Crippen LogP contribution < -0.4 is 9.62 Å². The van der Waals surface area contributed by atoms with Gasteiger partial charge in [0.15, 0.2) is 0 Å². The molecule has 1 N–H and O–H groups in total. The van der Waals surface area contributed by atoms with E-state index < -0.39 is 22.0 Å². The number of nitrogens with one attached hydrogen (secondary N) is 1. The molecule has 1 saturated carbocycles. The van der Waals surface area contributed by atoms with Gasteiger partial charge in [-0.1, -0.05) is 68.7 Å². The van der Waals surface area contributed by atoms with Crippen molar-refractivity contribution >= 4 is 27.5 Å². The summed E-state index contributed by atoms with van der Waals surface area (Å²) in [4.78, 5) is 28.7. The zero-order valence-corrected chi connectivity index (χ0v) is 22.7. The molecule has 196 valence electrons. The van der Waals surface area contributed by atoms with Gasteiger partial charge in [0, 0.05) is 12.6 Å². The summed E-state index contributed by atoms with van der Waals surface area (Å²) in [5, 5.41) is 3.16. The summed E-state index contributed by atoms with van der Waals surface area (Å²) in [6.45, 7) is 5.44. The van der Waals surface area contributed by atoms with Gasteiger partial charge in [-0.15, -0.1) is 0 Å². The highest BCUT2D eigenvalue weighted by Gasteiger charge is 2.33. The predicted octanol–water partition coefficient (Wildman–Crippen LogP) is 4.33. The zero-order chi connectivity index (χ0) is 26.3. The van der Waals surface area contributed by atoms with Crippen molar-refractivity contribution in [2.24, 2.45) is 0 Å². The first-order valence-electron chi connectivity index (χ1n) is 12.8. The summed E-state index contributed by atoms with van der Waals surface area (Å²) in [7, 11) is -3.75. The number of anilines is 1. The van der Waals surface area contributed by atoms with E-state index in [0.717, 1.165) is 52.9 Å². The highest BCUT2D eigenvalue weighted by Crippen LogP contribution is 2.25. The van der Waals surface area contributed by atoms with Crippen molar-refractivity contribution in [1.29, 1.82) is 0 Å². The Bertz CT molecular complexity index is 1140. The second kappa shape index (κ2) is 12.4. The Balaban J connectivity index is 1.92. The highest BCUT2D eigenvalue weighted by atomic mass is 32.2. The number of rotatable bonds is 10. The second-order valence-corrected chi connectivity index (χ2v) is 11.7. The lowest BCUT2D eigenvalue weighted by atomic mass is 9.95. The first-order chi connectivity index (χ1) is 17.1. The summed E-state index contributed by atoms with van der Waals surface area (Å²) >= 11 is 0. The number of sulfonamides is 1. The molecule has 0 bridgehead atoms. The fourth-order valence-corrected chi connectivity index (χ4v) is 5.73. The molecule has 0 radical (unpaired) electrons. The number of aryl methyl sites for hydroxylation is 2. The van der Waals surface area contributed by atoms with E-state index >= 15 is 0 Å². The maximum absolute atomic E-state index is 13.8. The van der Waals surface area contributed by atoms with Crippen molar-refractivity contribution < 1.29 is 18.0 Å². The number of amides is 2. The zero-order valence-electron chi connectivity index (χ0n) is 21.9. The van der Waals surface area contributed by atoms with Crippen molar-refractivity contribution in [2.75, 3.05) is 17.1 Å². The Kier molecular flexibility index (Phi) is 9.54.